The second-order valence-electron chi connectivity index (χ2n) is 9.89. The summed E-state index contributed by atoms with van der Waals surface area (Å²) in [5, 5.41) is 20.5. The molecule has 2 aliphatic rings. The van der Waals surface area contributed by atoms with Crippen LogP contribution >= 0.6 is 0 Å². The Hall–Kier alpha value is -4.01. The maximum Gasteiger partial charge on any atom is 0.426 e. The number of ether oxygens (including phenoxy) is 1. The van der Waals surface area contributed by atoms with Crippen molar-refractivity contribution in [3.8, 4) is 11.6 Å². The molecule has 0 aliphatic heterocycles. The van der Waals surface area contributed by atoms with Crippen molar-refractivity contribution >= 4 is 12.0 Å². The molecule has 37 heavy (non-hydrogen) atoms. The fourth-order valence-corrected chi connectivity index (χ4v) is 4.46. The van der Waals surface area contributed by atoms with Gasteiger partial charge in [-0.3, -0.25) is 4.79 Å². The Morgan fingerprint density at radius 1 is 1.05 bits per heavy atom. The van der Waals surface area contributed by atoms with Gasteiger partial charge in [0.25, 0.3) is 11.8 Å². The monoisotopic (exact) mass is 504 g/mol. The topological polar surface area (TPSA) is 95.9 Å². The number of aryl methyl sites for hydroxylation is 3. The fraction of sp³-hybridized carbons (Fsp3) is 0.357. The Bertz CT molecular complexity index is 1370. The lowest BCUT2D eigenvalue weighted by Gasteiger charge is -2.33. The largest absolute Gasteiger partial charge is 0.464 e. The molecule has 0 unspecified atom stereocenters. The Morgan fingerprint density at radius 2 is 1.81 bits per heavy atom. The van der Waals surface area contributed by atoms with Crippen LogP contribution in [0, 0.1) is 26.6 Å². The van der Waals surface area contributed by atoms with Crippen LogP contribution in [-0.4, -0.2) is 43.4 Å². The van der Waals surface area contributed by atoms with Crippen LogP contribution in [-0.2, 0) is 6.54 Å². The molecule has 8 nitrogen and oxygen atoms in total. The summed E-state index contributed by atoms with van der Waals surface area (Å²) in [6, 6.07) is 11.9. The minimum absolute atomic E-state index is 0.00936. The molecule has 1 aromatic heterocycles. The normalized spacial score (nSPS) is 14.8. The molecule has 3 aromatic rings. The molecule has 0 spiro atoms. The van der Waals surface area contributed by atoms with E-state index in [0.717, 1.165) is 34.5 Å². The zero-order valence-corrected chi connectivity index (χ0v) is 21.1. The predicted molar refractivity (Wildman–Crippen MR) is 134 cm³/mol. The molecule has 2 amide bonds. The van der Waals surface area contributed by atoms with Crippen LogP contribution < -0.4 is 4.74 Å². The van der Waals surface area contributed by atoms with E-state index >= 15 is 4.39 Å². The summed E-state index contributed by atoms with van der Waals surface area (Å²) in [6.45, 7) is 5.57. The van der Waals surface area contributed by atoms with Crippen molar-refractivity contribution in [3.05, 3.63) is 81.8 Å². The van der Waals surface area contributed by atoms with E-state index in [1.54, 1.807) is 19.1 Å². The standard InChI is InChI=1S/C28H29FN4O4/c1-16-7-8-20(17(2)13-16)15-32(28(35)36)33(21-11-12-21)27(34)23-14-18(3)30-31-26(23)37-24-6-4-5-22(25(24)29)19-9-10-19/h4-8,13-14,19,21H,9-12,15H2,1-3H3,(H,35,36). The number of aromatic nitrogens is 2. The summed E-state index contributed by atoms with van der Waals surface area (Å²) in [7, 11) is 0. The van der Waals surface area contributed by atoms with Gasteiger partial charge in [-0.15, -0.1) is 5.10 Å². The van der Waals surface area contributed by atoms with Gasteiger partial charge in [0, 0.05) is 0 Å². The molecule has 1 N–H and O–H groups in total. The molecule has 0 atom stereocenters. The molecule has 0 bridgehead atoms. The Morgan fingerprint density at radius 3 is 2.46 bits per heavy atom. The molecule has 2 saturated carbocycles. The van der Waals surface area contributed by atoms with Gasteiger partial charge in [0.15, 0.2) is 11.6 Å². The minimum Gasteiger partial charge on any atom is -0.464 e. The summed E-state index contributed by atoms with van der Waals surface area (Å²) in [5.74, 6) is -1.09. The Labute approximate surface area is 214 Å². The average molecular weight is 505 g/mol. The number of rotatable bonds is 7. The van der Waals surface area contributed by atoms with Gasteiger partial charge in [0.05, 0.1) is 18.3 Å². The number of benzene rings is 2. The quantitative estimate of drug-likeness (QED) is 0.402. The maximum atomic E-state index is 15.1. The molecular weight excluding hydrogens is 475 g/mol. The summed E-state index contributed by atoms with van der Waals surface area (Å²) >= 11 is 0. The summed E-state index contributed by atoms with van der Waals surface area (Å²) in [4.78, 5) is 26.3. The van der Waals surface area contributed by atoms with Crippen molar-refractivity contribution in [2.24, 2.45) is 0 Å². The van der Waals surface area contributed by atoms with Crippen molar-refractivity contribution in [2.75, 3.05) is 0 Å². The van der Waals surface area contributed by atoms with Gasteiger partial charge in [-0.1, -0.05) is 35.9 Å². The first kappa shape index (κ1) is 24.7. The fourth-order valence-electron chi connectivity index (χ4n) is 4.46. The van der Waals surface area contributed by atoms with Gasteiger partial charge in [-0.25, -0.2) is 19.2 Å². The maximum absolute atomic E-state index is 15.1. The molecule has 1 heterocycles. The van der Waals surface area contributed by atoms with E-state index in [4.69, 9.17) is 4.74 Å². The Kier molecular flexibility index (Phi) is 6.54. The SMILES string of the molecule is Cc1ccc(CN(C(=O)O)N(C(=O)c2cc(C)nnc2Oc2cccc(C3CC3)c2F)C2CC2)c(C)c1. The van der Waals surface area contributed by atoms with E-state index in [2.05, 4.69) is 10.2 Å². The number of hydrazine groups is 1. The number of carbonyl (C=O) groups is 2. The second kappa shape index (κ2) is 9.80. The third kappa shape index (κ3) is 5.26. The Balaban J connectivity index is 1.49. The van der Waals surface area contributed by atoms with E-state index in [0.29, 0.717) is 24.1 Å². The first-order valence-electron chi connectivity index (χ1n) is 12.4. The molecule has 2 aromatic carbocycles. The van der Waals surface area contributed by atoms with Gasteiger partial charge in [-0.05, 0) is 81.2 Å². The number of amides is 2. The zero-order chi connectivity index (χ0) is 26.3. The first-order valence-corrected chi connectivity index (χ1v) is 12.4. The summed E-state index contributed by atoms with van der Waals surface area (Å²) < 4.78 is 21.0. The van der Waals surface area contributed by atoms with Gasteiger partial charge in [0.1, 0.15) is 5.56 Å². The third-order valence-electron chi connectivity index (χ3n) is 6.73. The van der Waals surface area contributed by atoms with Crippen LogP contribution in [0.2, 0.25) is 0 Å². The van der Waals surface area contributed by atoms with Crippen molar-refractivity contribution in [3.63, 3.8) is 0 Å². The summed E-state index contributed by atoms with van der Waals surface area (Å²) in [6.07, 6.45) is 1.96. The molecule has 2 fully saturated rings. The highest BCUT2D eigenvalue weighted by molar-refractivity contribution is 5.97. The molecular formula is C28H29FN4O4. The van der Waals surface area contributed by atoms with E-state index in [-0.39, 0.29) is 35.7 Å². The average Bonchev–Trinajstić information content (AvgIpc) is 3.76. The highest BCUT2D eigenvalue weighted by Gasteiger charge is 2.41. The van der Waals surface area contributed by atoms with Crippen molar-refractivity contribution in [2.45, 2.75) is 65.0 Å². The third-order valence-corrected chi connectivity index (χ3v) is 6.73. The second-order valence-corrected chi connectivity index (χ2v) is 9.89. The van der Waals surface area contributed by atoms with E-state index in [1.165, 1.54) is 17.1 Å². The van der Waals surface area contributed by atoms with Crippen LogP contribution in [0.15, 0.2) is 42.5 Å². The van der Waals surface area contributed by atoms with Gasteiger partial charge in [-0.2, -0.15) is 5.10 Å². The molecule has 5 rings (SSSR count). The molecule has 0 radical (unpaired) electrons. The minimum atomic E-state index is -1.25. The molecule has 192 valence electrons. The highest BCUT2D eigenvalue weighted by atomic mass is 19.1. The smallest absolute Gasteiger partial charge is 0.426 e. The van der Waals surface area contributed by atoms with E-state index < -0.39 is 17.8 Å². The number of carboxylic acid groups (broad SMARTS) is 1. The van der Waals surface area contributed by atoms with Crippen molar-refractivity contribution in [1.82, 2.24) is 20.2 Å². The summed E-state index contributed by atoms with van der Waals surface area (Å²) in [5.41, 5.74) is 3.86. The van der Waals surface area contributed by atoms with Gasteiger partial charge < -0.3 is 9.84 Å². The van der Waals surface area contributed by atoms with Gasteiger partial charge >= 0.3 is 6.09 Å². The van der Waals surface area contributed by atoms with E-state index in [1.807, 2.05) is 32.0 Å². The number of hydrogen-bond donors (Lipinski definition) is 1. The van der Waals surface area contributed by atoms with Gasteiger partial charge in [0.2, 0.25) is 0 Å². The molecule has 0 saturated heterocycles. The number of nitrogens with zero attached hydrogens (tertiary/aromatic N) is 4. The van der Waals surface area contributed by atoms with Crippen LogP contribution in [0.25, 0.3) is 0 Å². The first-order chi connectivity index (χ1) is 17.7. The van der Waals surface area contributed by atoms with Crippen molar-refractivity contribution < 1.29 is 23.8 Å². The lowest BCUT2D eigenvalue weighted by Crippen LogP contribution is -2.50. The number of halogens is 1. The highest BCUT2D eigenvalue weighted by Crippen LogP contribution is 2.43. The predicted octanol–water partition coefficient (Wildman–Crippen LogP) is 5.91. The lowest BCUT2D eigenvalue weighted by molar-refractivity contribution is -0.0111. The lowest BCUT2D eigenvalue weighted by atomic mass is 10.1. The number of carbonyl (C=O) groups excluding carboxylic acids is 1. The zero-order valence-electron chi connectivity index (χ0n) is 21.1. The van der Waals surface area contributed by atoms with Crippen molar-refractivity contribution in [1.29, 1.82) is 0 Å². The molecule has 2 aliphatic carbocycles. The number of hydrogen-bond acceptors (Lipinski definition) is 5. The van der Waals surface area contributed by atoms with Crippen LogP contribution in [0.4, 0.5) is 9.18 Å². The molecule has 9 heteroatoms. The van der Waals surface area contributed by atoms with Crippen LogP contribution in [0.3, 0.4) is 0 Å². The van der Waals surface area contributed by atoms with E-state index in [9.17, 15) is 14.7 Å². The van der Waals surface area contributed by atoms with Crippen LogP contribution in [0.1, 0.15) is 69.9 Å². The van der Waals surface area contributed by atoms with Crippen LogP contribution in [0.5, 0.6) is 11.6 Å².